The van der Waals surface area contributed by atoms with E-state index in [1.54, 1.807) is 31.4 Å². The van der Waals surface area contributed by atoms with Gasteiger partial charge in [-0.05, 0) is 42.5 Å². The lowest BCUT2D eigenvalue weighted by atomic mass is 10.2. The molecule has 4 nitrogen and oxygen atoms in total. The van der Waals surface area contributed by atoms with Gasteiger partial charge in [0.05, 0.1) is 19.8 Å². The number of rotatable bonds is 4. The Morgan fingerprint density at radius 3 is 2.15 bits per heavy atom. The zero-order valence-electron chi connectivity index (χ0n) is 11.1. The van der Waals surface area contributed by atoms with Gasteiger partial charge in [-0.15, -0.1) is 0 Å². The summed E-state index contributed by atoms with van der Waals surface area (Å²) in [5, 5.41) is 0. The van der Waals surface area contributed by atoms with Gasteiger partial charge in [-0.25, -0.2) is 9.18 Å². The van der Waals surface area contributed by atoms with Crippen molar-refractivity contribution >= 4 is 5.97 Å². The molecule has 2 aromatic rings. The van der Waals surface area contributed by atoms with E-state index in [1.165, 1.54) is 19.2 Å². The first-order valence-corrected chi connectivity index (χ1v) is 5.84. The highest BCUT2D eigenvalue weighted by Gasteiger charge is 2.12. The number of carbonyl (C=O) groups excluding carboxylic acids is 1. The van der Waals surface area contributed by atoms with Gasteiger partial charge in [0.2, 0.25) is 0 Å². The van der Waals surface area contributed by atoms with Crippen molar-refractivity contribution < 1.29 is 23.4 Å². The third-order valence-corrected chi connectivity index (χ3v) is 2.66. The minimum atomic E-state index is -0.642. The molecule has 0 saturated heterocycles. The van der Waals surface area contributed by atoms with E-state index in [2.05, 4.69) is 0 Å². The van der Waals surface area contributed by atoms with Gasteiger partial charge in [0.1, 0.15) is 11.5 Å². The lowest BCUT2D eigenvalue weighted by Gasteiger charge is -2.07. The highest BCUT2D eigenvalue weighted by molar-refractivity contribution is 5.91. The molecule has 0 bridgehead atoms. The Morgan fingerprint density at radius 1 is 0.950 bits per heavy atom. The second kappa shape index (κ2) is 6.06. The molecule has 0 radical (unpaired) electrons. The molecule has 2 aromatic carbocycles. The molecule has 2 rings (SSSR count). The first kappa shape index (κ1) is 13.9. The monoisotopic (exact) mass is 276 g/mol. The van der Waals surface area contributed by atoms with Crippen LogP contribution in [0.2, 0.25) is 0 Å². The van der Waals surface area contributed by atoms with Gasteiger partial charge in [0.15, 0.2) is 11.6 Å². The lowest BCUT2D eigenvalue weighted by molar-refractivity contribution is 0.0734. The zero-order chi connectivity index (χ0) is 14.5. The van der Waals surface area contributed by atoms with Crippen LogP contribution in [0.3, 0.4) is 0 Å². The van der Waals surface area contributed by atoms with E-state index in [-0.39, 0.29) is 11.3 Å². The summed E-state index contributed by atoms with van der Waals surface area (Å²) in [6.07, 6.45) is 0. The topological polar surface area (TPSA) is 44.8 Å². The van der Waals surface area contributed by atoms with Crippen LogP contribution < -0.4 is 14.2 Å². The van der Waals surface area contributed by atoms with Crippen LogP contribution in [0.5, 0.6) is 17.2 Å². The van der Waals surface area contributed by atoms with E-state index in [0.29, 0.717) is 11.5 Å². The van der Waals surface area contributed by atoms with Crippen molar-refractivity contribution in [3.8, 4) is 17.2 Å². The highest BCUT2D eigenvalue weighted by Crippen LogP contribution is 2.21. The number of esters is 1. The van der Waals surface area contributed by atoms with Crippen LogP contribution in [0.25, 0.3) is 0 Å². The van der Waals surface area contributed by atoms with Gasteiger partial charge in [0.25, 0.3) is 0 Å². The largest absolute Gasteiger partial charge is 0.497 e. The molecule has 0 amide bonds. The number of hydrogen-bond acceptors (Lipinski definition) is 4. The maximum atomic E-state index is 13.5. The molecule has 5 heteroatoms. The van der Waals surface area contributed by atoms with E-state index in [1.807, 2.05) is 0 Å². The van der Waals surface area contributed by atoms with Crippen LogP contribution in [0.15, 0.2) is 42.5 Å². The maximum absolute atomic E-state index is 13.5. The SMILES string of the molecule is COc1ccc(OC(=O)c2ccc(OC)c(F)c2)cc1. The molecular formula is C15H13FO4. The van der Waals surface area contributed by atoms with Gasteiger partial charge in [-0.3, -0.25) is 0 Å². The van der Waals surface area contributed by atoms with E-state index in [4.69, 9.17) is 14.2 Å². The number of halogens is 1. The Labute approximate surface area is 115 Å². The summed E-state index contributed by atoms with van der Waals surface area (Å²) in [5.41, 5.74) is 0.110. The number of methoxy groups -OCH3 is 2. The van der Waals surface area contributed by atoms with Crippen LogP contribution >= 0.6 is 0 Å². The van der Waals surface area contributed by atoms with Crippen molar-refractivity contribution in [2.75, 3.05) is 14.2 Å². The minimum Gasteiger partial charge on any atom is -0.497 e. The zero-order valence-corrected chi connectivity index (χ0v) is 11.1. The van der Waals surface area contributed by atoms with E-state index in [9.17, 15) is 9.18 Å². The number of hydrogen-bond donors (Lipinski definition) is 0. The predicted octanol–water partition coefficient (Wildman–Crippen LogP) is 3.06. The fourth-order valence-corrected chi connectivity index (χ4v) is 1.60. The average molecular weight is 276 g/mol. The smallest absolute Gasteiger partial charge is 0.343 e. The van der Waals surface area contributed by atoms with E-state index in [0.717, 1.165) is 6.07 Å². The van der Waals surface area contributed by atoms with Crippen molar-refractivity contribution in [1.82, 2.24) is 0 Å². The molecule has 0 atom stereocenters. The lowest BCUT2D eigenvalue weighted by Crippen LogP contribution is -2.09. The van der Waals surface area contributed by atoms with Gasteiger partial charge < -0.3 is 14.2 Å². The Kier molecular flexibility index (Phi) is 4.20. The van der Waals surface area contributed by atoms with Crippen LogP contribution in [0.4, 0.5) is 4.39 Å². The third kappa shape index (κ3) is 3.06. The Morgan fingerprint density at radius 2 is 1.60 bits per heavy atom. The summed E-state index contributed by atoms with van der Waals surface area (Å²) in [5.74, 6) is -0.174. The van der Waals surface area contributed by atoms with Crippen molar-refractivity contribution in [2.24, 2.45) is 0 Å². The minimum absolute atomic E-state index is 0.0750. The van der Waals surface area contributed by atoms with Crippen molar-refractivity contribution in [3.05, 3.63) is 53.8 Å². The fraction of sp³-hybridized carbons (Fsp3) is 0.133. The molecule has 0 N–H and O–H groups in total. The molecule has 20 heavy (non-hydrogen) atoms. The summed E-state index contributed by atoms with van der Waals surface area (Å²) >= 11 is 0. The third-order valence-electron chi connectivity index (χ3n) is 2.66. The average Bonchev–Trinajstić information content (AvgIpc) is 2.48. The van der Waals surface area contributed by atoms with E-state index < -0.39 is 11.8 Å². The molecule has 0 unspecified atom stereocenters. The normalized spacial score (nSPS) is 9.95. The highest BCUT2D eigenvalue weighted by atomic mass is 19.1. The summed E-state index contributed by atoms with van der Waals surface area (Å²) < 4.78 is 28.4. The van der Waals surface area contributed by atoms with Crippen LogP contribution in [-0.4, -0.2) is 20.2 Å². The van der Waals surface area contributed by atoms with Crippen LogP contribution in [0.1, 0.15) is 10.4 Å². The molecule has 0 fully saturated rings. The molecule has 0 saturated carbocycles. The predicted molar refractivity (Wildman–Crippen MR) is 70.9 cm³/mol. The summed E-state index contributed by atoms with van der Waals surface area (Å²) in [7, 11) is 2.90. The standard InChI is InChI=1S/C15H13FO4/c1-18-11-4-6-12(7-5-11)20-15(17)10-3-8-14(19-2)13(16)9-10/h3-9H,1-2H3. The Hall–Kier alpha value is -2.56. The molecule has 0 spiro atoms. The van der Waals surface area contributed by atoms with Crippen molar-refractivity contribution in [1.29, 1.82) is 0 Å². The summed E-state index contributed by atoms with van der Waals surface area (Å²) in [4.78, 5) is 11.9. The molecule has 0 aromatic heterocycles. The van der Waals surface area contributed by atoms with Gasteiger partial charge in [-0.1, -0.05) is 0 Å². The Bertz CT molecular complexity index is 608. The van der Waals surface area contributed by atoms with E-state index >= 15 is 0 Å². The van der Waals surface area contributed by atoms with Gasteiger partial charge in [0, 0.05) is 0 Å². The number of carbonyl (C=O) groups is 1. The quantitative estimate of drug-likeness (QED) is 0.636. The van der Waals surface area contributed by atoms with Crippen molar-refractivity contribution in [2.45, 2.75) is 0 Å². The second-order valence-corrected chi connectivity index (χ2v) is 3.91. The molecule has 0 aliphatic carbocycles. The first-order valence-electron chi connectivity index (χ1n) is 5.84. The maximum Gasteiger partial charge on any atom is 0.343 e. The van der Waals surface area contributed by atoms with Crippen LogP contribution in [-0.2, 0) is 0 Å². The second-order valence-electron chi connectivity index (χ2n) is 3.91. The summed E-state index contributed by atoms with van der Waals surface area (Å²) in [6.45, 7) is 0. The summed E-state index contributed by atoms with van der Waals surface area (Å²) in [6, 6.07) is 10.4. The Balaban J connectivity index is 2.12. The molecule has 0 aliphatic rings. The number of ether oxygens (including phenoxy) is 3. The number of benzene rings is 2. The molecule has 0 aliphatic heterocycles. The van der Waals surface area contributed by atoms with Gasteiger partial charge >= 0.3 is 5.97 Å². The van der Waals surface area contributed by atoms with Gasteiger partial charge in [-0.2, -0.15) is 0 Å². The molecule has 0 heterocycles. The molecular weight excluding hydrogens is 263 g/mol. The fourth-order valence-electron chi connectivity index (χ4n) is 1.60. The van der Waals surface area contributed by atoms with Crippen LogP contribution in [0, 0.1) is 5.82 Å². The van der Waals surface area contributed by atoms with Crippen molar-refractivity contribution in [3.63, 3.8) is 0 Å². The first-order chi connectivity index (χ1) is 9.63. The molecule has 104 valence electrons.